The summed E-state index contributed by atoms with van der Waals surface area (Å²) in [5.41, 5.74) is 4.17. The number of aromatic nitrogens is 4. The molecule has 2 aromatic heterocycles. The van der Waals surface area contributed by atoms with E-state index >= 15 is 0 Å². The number of carbonyl (C=O) groups is 1. The Morgan fingerprint density at radius 2 is 1.83 bits per heavy atom. The number of hydrogen-bond acceptors (Lipinski definition) is 6. The summed E-state index contributed by atoms with van der Waals surface area (Å²) >= 11 is 8.88. The average Bonchev–Trinajstić information content (AvgIpc) is 3.50. The lowest BCUT2D eigenvalue weighted by Gasteiger charge is -2.10. The van der Waals surface area contributed by atoms with E-state index in [1.807, 2.05) is 90.4 Å². The maximum absolute atomic E-state index is 12.7. The molecule has 0 aliphatic carbocycles. The molecule has 2 heterocycles. The van der Waals surface area contributed by atoms with Gasteiger partial charge in [0.25, 0.3) is 0 Å². The fraction of sp³-hybridized carbons (Fsp3) is 0.111. The molecule has 0 fully saturated rings. The van der Waals surface area contributed by atoms with Crippen molar-refractivity contribution in [3.05, 3.63) is 106 Å². The molecule has 0 atom stereocenters. The zero-order valence-corrected chi connectivity index (χ0v) is 21.8. The molecule has 36 heavy (non-hydrogen) atoms. The summed E-state index contributed by atoms with van der Waals surface area (Å²) in [5.74, 6) is 0.764. The molecule has 3 aromatic carbocycles. The predicted molar refractivity (Wildman–Crippen MR) is 147 cm³/mol. The second-order valence-corrected chi connectivity index (χ2v) is 10.6. The van der Waals surface area contributed by atoms with Gasteiger partial charge in [-0.2, -0.15) is 0 Å². The summed E-state index contributed by atoms with van der Waals surface area (Å²) in [4.78, 5) is 18.1. The van der Waals surface area contributed by atoms with Gasteiger partial charge in [-0.25, -0.2) is 4.98 Å². The van der Waals surface area contributed by atoms with Crippen LogP contribution in [0.5, 0.6) is 0 Å². The molecule has 5 rings (SSSR count). The van der Waals surface area contributed by atoms with E-state index in [0.717, 1.165) is 27.5 Å². The molecular weight excluding hydrogens is 510 g/mol. The van der Waals surface area contributed by atoms with E-state index in [2.05, 4.69) is 20.5 Å². The van der Waals surface area contributed by atoms with Gasteiger partial charge in [-0.3, -0.25) is 9.36 Å². The van der Waals surface area contributed by atoms with Crippen LogP contribution in [0, 0.1) is 6.92 Å². The molecule has 0 unspecified atom stereocenters. The second-order valence-electron chi connectivity index (χ2n) is 8.12. The molecule has 0 radical (unpaired) electrons. The first-order valence-corrected chi connectivity index (χ1v) is 13.4. The number of hydrogen-bond donors (Lipinski definition) is 1. The van der Waals surface area contributed by atoms with Gasteiger partial charge in [0.05, 0.1) is 5.75 Å². The van der Waals surface area contributed by atoms with Crippen molar-refractivity contribution < 1.29 is 4.79 Å². The van der Waals surface area contributed by atoms with E-state index in [1.54, 1.807) is 6.20 Å². The van der Waals surface area contributed by atoms with Crippen LogP contribution in [0.3, 0.4) is 0 Å². The lowest BCUT2D eigenvalue weighted by molar-refractivity contribution is -0.113. The van der Waals surface area contributed by atoms with Crippen molar-refractivity contribution in [3.63, 3.8) is 0 Å². The van der Waals surface area contributed by atoms with Crippen molar-refractivity contribution in [2.24, 2.45) is 0 Å². The molecule has 1 N–H and O–H groups in total. The number of rotatable bonds is 8. The van der Waals surface area contributed by atoms with Crippen molar-refractivity contribution in [1.29, 1.82) is 0 Å². The van der Waals surface area contributed by atoms with Crippen molar-refractivity contribution in [3.8, 4) is 17.1 Å². The lowest BCUT2D eigenvalue weighted by atomic mass is 10.1. The number of para-hydroxylation sites is 1. The van der Waals surface area contributed by atoms with Crippen LogP contribution < -0.4 is 5.32 Å². The lowest BCUT2D eigenvalue weighted by Crippen LogP contribution is -2.14. The van der Waals surface area contributed by atoms with E-state index in [4.69, 9.17) is 11.6 Å². The maximum atomic E-state index is 12.7. The van der Waals surface area contributed by atoms with Crippen molar-refractivity contribution >= 4 is 45.7 Å². The molecule has 1 amide bonds. The maximum Gasteiger partial charge on any atom is 0.236 e. The predicted octanol–water partition coefficient (Wildman–Crippen LogP) is 6.67. The molecule has 0 spiro atoms. The van der Waals surface area contributed by atoms with Gasteiger partial charge in [-0.05, 0) is 36.8 Å². The molecule has 0 saturated carbocycles. The van der Waals surface area contributed by atoms with Crippen molar-refractivity contribution in [2.45, 2.75) is 18.5 Å². The van der Waals surface area contributed by atoms with Crippen LogP contribution in [-0.4, -0.2) is 31.4 Å². The first-order valence-electron chi connectivity index (χ1n) is 11.2. The Labute approximate surface area is 222 Å². The van der Waals surface area contributed by atoms with E-state index in [9.17, 15) is 4.79 Å². The number of amides is 1. The topological polar surface area (TPSA) is 72.7 Å². The highest BCUT2D eigenvalue weighted by Gasteiger charge is 2.17. The van der Waals surface area contributed by atoms with Crippen LogP contribution >= 0.6 is 34.7 Å². The summed E-state index contributed by atoms with van der Waals surface area (Å²) in [6.45, 7) is 2.05. The van der Waals surface area contributed by atoms with Crippen LogP contribution in [0.25, 0.3) is 17.1 Å². The second kappa shape index (κ2) is 11.1. The Kier molecular flexibility index (Phi) is 7.46. The molecular formula is C27H22ClN5OS2. The Hall–Kier alpha value is -3.46. The van der Waals surface area contributed by atoms with Crippen LogP contribution in [0.15, 0.2) is 90.2 Å². The minimum absolute atomic E-state index is 0.150. The van der Waals surface area contributed by atoms with Gasteiger partial charge in [0.2, 0.25) is 5.91 Å². The van der Waals surface area contributed by atoms with Crippen molar-refractivity contribution in [2.75, 3.05) is 11.1 Å². The highest BCUT2D eigenvalue weighted by atomic mass is 35.5. The zero-order valence-electron chi connectivity index (χ0n) is 19.4. The van der Waals surface area contributed by atoms with Crippen LogP contribution in [0.1, 0.15) is 16.0 Å². The molecule has 180 valence electrons. The number of aryl methyl sites for hydroxylation is 1. The number of nitrogens with one attached hydrogen (secondary N) is 1. The van der Waals surface area contributed by atoms with Gasteiger partial charge >= 0.3 is 0 Å². The van der Waals surface area contributed by atoms with E-state index in [1.165, 1.54) is 28.7 Å². The molecule has 9 heteroatoms. The zero-order chi connectivity index (χ0) is 24.9. The van der Waals surface area contributed by atoms with Crippen LogP contribution in [-0.2, 0) is 11.2 Å². The van der Waals surface area contributed by atoms with Gasteiger partial charge in [-0.1, -0.05) is 83.5 Å². The Bertz CT molecular complexity index is 1480. The van der Waals surface area contributed by atoms with Gasteiger partial charge in [0.1, 0.15) is 0 Å². The van der Waals surface area contributed by atoms with Gasteiger partial charge < -0.3 is 5.32 Å². The Balaban J connectivity index is 1.28. The summed E-state index contributed by atoms with van der Waals surface area (Å²) in [7, 11) is 0. The molecule has 0 aliphatic heterocycles. The summed E-state index contributed by atoms with van der Waals surface area (Å²) < 4.78 is 1.98. The standard InChI is InChI=1S/C27H22ClN5OS2/c1-18-10-12-20(13-11-18)25-31-32-27(33(25)22-8-3-2-4-9-22)35-17-24(34)30-26-29-16-23(36-26)15-19-6-5-7-21(28)14-19/h2-14,16H,15,17H2,1H3,(H,29,30,34). The van der Waals surface area contributed by atoms with E-state index in [0.29, 0.717) is 21.7 Å². The summed E-state index contributed by atoms with van der Waals surface area (Å²) in [5, 5.41) is 13.7. The normalized spacial score (nSPS) is 10.9. The number of halogens is 1. The monoisotopic (exact) mass is 531 g/mol. The molecule has 6 nitrogen and oxygen atoms in total. The SMILES string of the molecule is Cc1ccc(-c2nnc(SCC(=O)Nc3ncc(Cc4cccc(Cl)c4)s3)n2-c2ccccc2)cc1. The molecule has 0 bridgehead atoms. The van der Waals surface area contributed by atoms with Crippen molar-refractivity contribution in [1.82, 2.24) is 19.7 Å². The Morgan fingerprint density at radius 3 is 2.61 bits per heavy atom. The van der Waals surface area contributed by atoms with Crippen LogP contribution in [0.4, 0.5) is 5.13 Å². The smallest absolute Gasteiger partial charge is 0.236 e. The largest absolute Gasteiger partial charge is 0.301 e. The third-order valence-corrected chi connectivity index (χ3v) is 7.43. The first kappa shape index (κ1) is 24.2. The molecule has 0 saturated heterocycles. The summed E-state index contributed by atoms with van der Waals surface area (Å²) in [6.07, 6.45) is 2.50. The minimum Gasteiger partial charge on any atom is -0.301 e. The molecule has 5 aromatic rings. The summed E-state index contributed by atoms with van der Waals surface area (Å²) in [6, 6.07) is 25.8. The van der Waals surface area contributed by atoms with E-state index < -0.39 is 0 Å². The van der Waals surface area contributed by atoms with E-state index in [-0.39, 0.29) is 11.7 Å². The minimum atomic E-state index is -0.150. The number of benzene rings is 3. The number of carbonyl (C=O) groups excluding carboxylic acids is 1. The number of nitrogens with zero attached hydrogens (tertiary/aromatic N) is 4. The number of anilines is 1. The third-order valence-electron chi connectivity index (χ3n) is 5.36. The quantitative estimate of drug-likeness (QED) is 0.226. The highest BCUT2D eigenvalue weighted by molar-refractivity contribution is 7.99. The number of thiazole rings is 1. The average molecular weight is 532 g/mol. The fourth-order valence-corrected chi connectivity index (χ4v) is 5.47. The molecule has 0 aliphatic rings. The highest BCUT2D eigenvalue weighted by Crippen LogP contribution is 2.29. The first-order chi connectivity index (χ1) is 17.5. The third kappa shape index (κ3) is 5.84. The van der Waals surface area contributed by atoms with Gasteiger partial charge in [0, 0.05) is 33.8 Å². The fourth-order valence-electron chi connectivity index (χ4n) is 3.64. The van der Waals surface area contributed by atoms with Gasteiger partial charge in [-0.15, -0.1) is 21.5 Å². The van der Waals surface area contributed by atoms with Gasteiger partial charge in [0.15, 0.2) is 16.1 Å². The number of thioether (sulfide) groups is 1. The Morgan fingerprint density at radius 1 is 1.03 bits per heavy atom. The van der Waals surface area contributed by atoms with Crippen LogP contribution in [0.2, 0.25) is 5.02 Å².